The minimum atomic E-state index is 0.179. The van der Waals surface area contributed by atoms with Crippen molar-refractivity contribution in [1.29, 1.82) is 0 Å². The minimum absolute atomic E-state index is 0.179. The van der Waals surface area contributed by atoms with Crippen molar-refractivity contribution in [3.63, 3.8) is 0 Å². The molecule has 19 heavy (non-hydrogen) atoms. The van der Waals surface area contributed by atoms with Gasteiger partial charge in [-0.3, -0.25) is 0 Å². The summed E-state index contributed by atoms with van der Waals surface area (Å²) >= 11 is 0. The Bertz CT molecular complexity index is 310. The van der Waals surface area contributed by atoms with Crippen LogP contribution in [0.3, 0.4) is 0 Å². The van der Waals surface area contributed by atoms with Crippen molar-refractivity contribution in [3.05, 3.63) is 0 Å². The van der Waals surface area contributed by atoms with Crippen molar-refractivity contribution in [3.8, 4) is 0 Å². The maximum Gasteiger partial charge on any atom is 0.0484 e. The fraction of sp³-hybridized carbons (Fsp3) is 1.00. The Balaban J connectivity index is 1.50. The van der Waals surface area contributed by atoms with Crippen molar-refractivity contribution in [1.82, 2.24) is 5.32 Å². The molecule has 3 heteroatoms. The summed E-state index contributed by atoms with van der Waals surface area (Å²) in [5.74, 6) is 4.01. The maximum atomic E-state index is 6.12. The molecule has 0 atom stereocenters. The van der Waals surface area contributed by atoms with Gasteiger partial charge in [-0.1, -0.05) is 0 Å². The Morgan fingerprint density at radius 2 is 1.53 bits per heavy atom. The fourth-order valence-electron chi connectivity index (χ4n) is 5.68. The lowest BCUT2D eigenvalue weighted by molar-refractivity contribution is -0.0402. The molecule has 0 radical (unpaired) electrons. The number of rotatable bonds is 3. The van der Waals surface area contributed by atoms with Crippen LogP contribution in [0.2, 0.25) is 0 Å². The molecule has 3 nitrogen and oxygen atoms in total. The molecular formula is C16H28N2O. The van der Waals surface area contributed by atoms with Crippen LogP contribution in [0.25, 0.3) is 0 Å². The van der Waals surface area contributed by atoms with Gasteiger partial charge >= 0.3 is 0 Å². The van der Waals surface area contributed by atoms with Gasteiger partial charge in [0.05, 0.1) is 0 Å². The molecule has 4 saturated carbocycles. The highest BCUT2D eigenvalue weighted by atomic mass is 16.5. The monoisotopic (exact) mass is 264 g/mol. The van der Waals surface area contributed by atoms with E-state index in [1.54, 1.807) is 0 Å². The Hall–Kier alpha value is -0.120. The van der Waals surface area contributed by atoms with Gasteiger partial charge in [0.2, 0.25) is 0 Å². The molecule has 1 heterocycles. The molecule has 108 valence electrons. The summed E-state index contributed by atoms with van der Waals surface area (Å²) in [6.45, 7) is 2.55. The van der Waals surface area contributed by atoms with Crippen molar-refractivity contribution in [2.45, 2.75) is 56.5 Å². The van der Waals surface area contributed by atoms with E-state index in [1.165, 1.54) is 32.1 Å². The topological polar surface area (TPSA) is 47.3 Å². The SMILES string of the molecule is NCC1(NC2C3CC4CC(C3)CC2C4)CCOCC1. The average Bonchev–Trinajstić information content (AvgIpc) is 2.43. The molecule has 3 N–H and O–H groups in total. The van der Waals surface area contributed by atoms with Gasteiger partial charge in [0.1, 0.15) is 0 Å². The third-order valence-corrected chi connectivity index (χ3v) is 6.54. The zero-order valence-corrected chi connectivity index (χ0v) is 11.9. The van der Waals surface area contributed by atoms with Crippen LogP contribution >= 0.6 is 0 Å². The van der Waals surface area contributed by atoms with Crippen LogP contribution in [0.4, 0.5) is 0 Å². The minimum Gasteiger partial charge on any atom is -0.381 e. The van der Waals surface area contributed by atoms with Crippen LogP contribution in [0.5, 0.6) is 0 Å². The third kappa shape index (κ3) is 2.14. The Morgan fingerprint density at radius 3 is 2.05 bits per heavy atom. The molecule has 0 amide bonds. The molecule has 5 aliphatic rings. The van der Waals surface area contributed by atoms with E-state index in [4.69, 9.17) is 10.5 Å². The molecule has 4 aliphatic carbocycles. The van der Waals surface area contributed by atoms with E-state index in [1.807, 2.05) is 0 Å². The van der Waals surface area contributed by atoms with Gasteiger partial charge in [-0.2, -0.15) is 0 Å². The fourth-order valence-corrected chi connectivity index (χ4v) is 5.68. The van der Waals surface area contributed by atoms with Gasteiger partial charge in [0, 0.05) is 31.3 Å². The number of nitrogens with two attached hydrogens (primary N) is 1. The first-order valence-corrected chi connectivity index (χ1v) is 8.33. The van der Waals surface area contributed by atoms with Crippen LogP contribution in [-0.2, 0) is 4.74 Å². The van der Waals surface area contributed by atoms with Gasteiger partial charge in [-0.05, 0) is 68.6 Å². The Morgan fingerprint density at radius 1 is 0.947 bits per heavy atom. The molecule has 1 aliphatic heterocycles. The first kappa shape index (κ1) is 12.6. The summed E-state index contributed by atoms with van der Waals surface area (Å²) < 4.78 is 5.54. The quantitative estimate of drug-likeness (QED) is 0.818. The zero-order valence-electron chi connectivity index (χ0n) is 11.9. The first-order chi connectivity index (χ1) is 9.28. The second-order valence-corrected chi connectivity index (χ2v) is 7.70. The highest BCUT2D eigenvalue weighted by molar-refractivity contribution is 5.05. The van der Waals surface area contributed by atoms with Crippen LogP contribution in [-0.4, -0.2) is 31.3 Å². The maximum absolute atomic E-state index is 6.12. The van der Waals surface area contributed by atoms with Gasteiger partial charge in [0.25, 0.3) is 0 Å². The highest BCUT2D eigenvalue weighted by Crippen LogP contribution is 2.54. The molecule has 5 rings (SSSR count). The van der Waals surface area contributed by atoms with Crippen molar-refractivity contribution < 1.29 is 4.74 Å². The molecule has 0 aromatic rings. The Labute approximate surface area is 116 Å². The lowest BCUT2D eigenvalue weighted by Crippen LogP contribution is -2.64. The molecule has 0 aromatic carbocycles. The van der Waals surface area contributed by atoms with Crippen molar-refractivity contribution in [2.75, 3.05) is 19.8 Å². The summed E-state index contributed by atoms with van der Waals surface area (Å²) in [5.41, 5.74) is 6.30. The van der Waals surface area contributed by atoms with Gasteiger partial charge < -0.3 is 15.8 Å². The number of hydrogen-bond donors (Lipinski definition) is 2. The lowest BCUT2D eigenvalue weighted by atomic mass is 9.54. The van der Waals surface area contributed by atoms with Crippen LogP contribution < -0.4 is 11.1 Å². The second-order valence-electron chi connectivity index (χ2n) is 7.70. The summed E-state index contributed by atoms with van der Waals surface area (Å²) in [7, 11) is 0. The largest absolute Gasteiger partial charge is 0.381 e. The molecule has 0 unspecified atom stereocenters. The van der Waals surface area contributed by atoms with E-state index in [9.17, 15) is 0 Å². The molecule has 0 spiro atoms. The van der Waals surface area contributed by atoms with Gasteiger partial charge in [-0.25, -0.2) is 0 Å². The third-order valence-electron chi connectivity index (χ3n) is 6.54. The van der Waals surface area contributed by atoms with E-state index in [-0.39, 0.29) is 5.54 Å². The Kier molecular flexibility index (Phi) is 3.13. The van der Waals surface area contributed by atoms with E-state index < -0.39 is 0 Å². The van der Waals surface area contributed by atoms with Gasteiger partial charge in [-0.15, -0.1) is 0 Å². The molecular weight excluding hydrogens is 236 g/mol. The standard InChI is InChI=1S/C16H28N2O/c17-10-16(1-3-19-4-2-16)18-15-13-6-11-5-12(8-13)9-14(15)7-11/h11-15,18H,1-10,17H2. The number of ether oxygens (including phenoxy) is 1. The lowest BCUT2D eigenvalue weighted by Gasteiger charge is -2.57. The van der Waals surface area contributed by atoms with Crippen LogP contribution in [0.15, 0.2) is 0 Å². The molecule has 5 fully saturated rings. The number of nitrogens with one attached hydrogen (secondary N) is 1. The average molecular weight is 264 g/mol. The van der Waals surface area contributed by atoms with E-state index >= 15 is 0 Å². The van der Waals surface area contributed by atoms with E-state index in [0.717, 1.165) is 62.3 Å². The summed E-state index contributed by atoms with van der Waals surface area (Å²) in [5, 5.41) is 4.06. The van der Waals surface area contributed by atoms with Crippen LogP contribution in [0.1, 0.15) is 44.9 Å². The predicted molar refractivity (Wildman–Crippen MR) is 75.8 cm³/mol. The summed E-state index contributed by atoms with van der Waals surface area (Å²) in [6, 6.07) is 0.759. The summed E-state index contributed by atoms with van der Waals surface area (Å²) in [4.78, 5) is 0. The zero-order chi connectivity index (χ0) is 12.9. The number of hydrogen-bond acceptors (Lipinski definition) is 3. The summed E-state index contributed by atoms with van der Waals surface area (Å²) in [6.07, 6.45) is 9.70. The smallest absolute Gasteiger partial charge is 0.0484 e. The first-order valence-electron chi connectivity index (χ1n) is 8.33. The molecule has 1 saturated heterocycles. The normalized spacial score (nSPS) is 47.5. The van der Waals surface area contributed by atoms with Crippen molar-refractivity contribution in [2.24, 2.45) is 29.4 Å². The molecule has 0 aromatic heterocycles. The second kappa shape index (κ2) is 4.71. The van der Waals surface area contributed by atoms with Gasteiger partial charge in [0.15, 0.2) is 0 Å². The predicted octanol–water partition coefficient (Wildman–Crippen LogP) is 1.91. The van der Waals surface area contributed by atoms with Crippen LogP contribution in [0, 0.1) is 23.7 Å². The highest BCUT2D eigenvalue weighted by Gasteiger charge is 2.50. The van der Waals surface area contributed by atoms with Crippen molar-refractivity contribution >= 4 is 0 Å². The van der Waals surface area contributed by atoms with E-state index in [2.05, 4.69) is 5.32 Å². The molecule has 4 bridgehead atoms. The van der Waals surface area contributed by atoms with E-state index in [0.29, 0.717) is 0 Å².